The lowest BCUT2D eigenvalue weighted by Crippen LogP contribution is -2.53. The summed E-state index contributed by atoms with van der Waals surface area (Å²) in [7, 11) is 2.20. The van der Waals surface area contributed by atoms with E-state index in [0.29, 0.717) is 11.7 Å². The maximum Gasteiger partial charge on any atom is 0.275 e. The number of fused-ring (bicyclic) bond motifs is 5. The highest BCUT2D eigenvalue weighted by Gasteiger charge is 2.31. The molecule has 1 amide bonds. The molecule has 2 saturated heterocycles. The third-order valence-corrected chi connectivity index (χ3v) is 9.09. The second-order valence-corrected chi connectivity index (χ2v) is 11.4. The van der Waals surface area contributed by atoms with Crippen molar-refractivity contribution >= 4 is 27.7 Å². The quantitative estimate of drug-likeness (QED) is 0.436. The highest BCUT2D eigenvalue weighted by molar-refractivity contribution is 6.17. The molecule has 4 aromatic rings. The van der Waals surface area contributed by atoms with E-state index in [9.17, 15) is 4.79 Å². The van der Waals surface area contributed by atoms with Crippen LogP contribution in [-0.2, 0) is 12.8 Å². The lowest BCUT2D eigenvalue weighted by molar-refractivity contribution is 0.0516. The number of nitrogens with zero attached hydrogens (tertiary/aromatic N) is 6. The molecule has 0 bridgehead atoms. The van der Waals surface area contributed by atoms with Crippen LogP contribution in [0.4, 0.5) is 0 Å². The molecule has 7 rings (SSSR count). The number of H-pyrrole nitrogens is 2. The number of piperazine rings is 1. The largest absolute Gasteiger partial charge is 0.337 e. The molecule has 2 N–H and O–H groups in total. The molecule has 3 aromatic heterocycles. The number of likely N-dealkylation sites (N-methyl/N-ethyl adjacent to an activating group) is 1. The van der Waals surface area contributed by atoms with Crippen molar-refractivity contribution in [3.8, 4) is 11.3 Å². The van der Waals surface area contributed by atoms with E-state index in [2.05, 4.69) is 43.3 Å². The molecule has 198 valence electrons. The Kier molecular flexibility index (Phi) is 5.93. The Morgan fingerprint density at radius 2 is 1.71 bits per heavy atom. The molecule has 9 nitrogen and oxygen atoms in total. The standard InChI is InChI=1S/C29H36N8O/c1-18-22(17-30-32-18)27-21-6-4-3-5-20(21)25-23(31-27)7-8-24-26(25)28(34-33-24)29(38)37-11-9-19(10-12-37)36-15-13-35(2)14-16-36/h7-8,17,19H,3-6,9-16H2,1-2H3,(H,30,32)(H,33,34). The molecular formula is C29H36N8O. The number of hydrogen-bond acceptors (Lipinski definition) is 6. The van der Waals surface area contributed by atoms with Crippen LogP contribution in [0.1, 0.15) is 53.0 Å². The van der Waals surface area contributed by atoms with E-state index in [4.69, 9.17) is 4.98 Å². The molecule has 0 spiro atoms. The van der Waals surface area contributed by atoms with E-state index in [-0.39, 0.29) is 5.91 Å². The fourth-order valence-electron chi connectivity index (χ4n) is 6.87. The van der Waals surface area contributed by atoms with E-state index in [1.807, 2.05) is 24.1 Å². The molecule has 1 aliphatic carbocycles. The summed E-state index contributed by atoms with van der Waals surface area (Å²) in [5.74, 6) is 0.0416. The number of piperidine rings is 1. The number of rotatable bonds is 3. The van der Waals surface area contributed by atoms with Crippen molar-refractivity contribution in [2.24, 2.45) is 0 Å². The highest BCUT2D eigenvalue weighted by atomic mass is 16.2. The molecule has 9 heteroatoms. The van der Waals surface area contributed by atoms with Crippen LogP contribution in [0.15, 0.2) is 18.3 Å². The van der Waals surface area contributed by atoms with Gasteiger partial charge < -0.3 is 9.80 Å². The number of benzene rings is 1. The van der Waals surface area contributed by atoms with Crippen molar-refractivity contribution in [1.82, 2.24) is 40.1 Å². The fraction of sp³-hybridized carbons (Fsp3) is 0.517. The second-order valence-electron chi connectivity index (χ2n) is 11.4. The van der Waals surface area contributed by atoms with Crippen LogP contribution in [0.25, 0.3) is 33.1 Å². The van der Waals surface area contributed by atoms with Gasteiger partial charge in [0, 0.05) is 67.3 Å². The van der Waals surface area contributed by atoms with Gasteiger partial charge in [-0.2, -0.15) is 10.2 Å². The van der Waals surface area contributed by atoms with Crippen LogP contribution in [0.2, 0.25) is 0 Å². The first kappa shape index (κ1) is 23.8. The first-order chi connectivity index (χ1) is 18.6. The molecule has 0 unspecified atom stereocenters. The summed E-state index contributed by atoms with van der Waals surface area (Å²) in [5, 5.41) is 17.1. The van der Waals surface area contributed by atoms with Crippen molar-refractivity contribution in [3.05, 3.63) is 40.8 Å². The number of carbonyl (C=O) groups is 1. The van der Waals surface area contributed by atoms with Crippen molar-refractivity contribution in [1.29, 1.82) is 0 Å². The van der Waals surface area contributed by atoms with Crippen LogP contribution in [0.3, 0.4) is 0 Å². The number of aryl methyl sites for hydroxylation is 2. The van der Waals surface area contributed by atoms with Crippen LogP contribution in [0.5, 0.6) is 0 Å². The first-order valence-electron chi connectivity index (χ1n) is 14.1. The van der Waals surface area contributed by atoms with Crippen molar-refractivity contribution < 1.29 is 4.79 Å². The maximum absolute atomic E-state index is 13.9. The number of nitrogens with one attached hydrogen (secondary N) is 2. The third-order valence-electron chi connectivity index (χ3n) is 9.09. The average molecular weight is 513 g/mol. The number of likely N-dealkylation sites (tertiary alicyclic amines) is 1. The maximum atomic E-state index is 13.9. The lowest BCUT2D eigenvalue weighted by atomic mass is 9.85. The van der Waals surface area contributed by atoms with Crippen LogP contribution in [-0.4, -0.2) is 98.3 Å². The smallest absolute Gasteiger partial charge is 0.275 e. The van der Waals surface area contributed by atoms with E-state index in [1.54, 1.807) is 0 Å². The van der Waals surface area contributed by atoms with Gasteiger partial charge in [0.05, 0.1) is 22.9 Å². The summed E-state index contributed by atoms with van der Waals surface area (Å²) in [6, 6.07) is 4.67. The minimum Gasteiger partial charge on any atom is -0.337 e. The van der Waals surface area contributed by atoms with E-state index in [1.165, 1.54) is 11.1 Å². The third kappa shape index (κ3) is 3.91. The second kappa shape index (κ2) is 9.47. The minimum absolute atomic E-state index is 0.0416. The van der Waals surface area contributed by atoms with Gasteiger partial charge in [-0.05, 0) is 75.8 Å². The Labute approximate surface area is 222 Å². The Bertz CT molecular complexity index is 1500. The van der Waals surface area contributed by atoms with Gasteiger partial charge in [-0.3, -0.25) is 19.9 Å². The Balaban J connectivity index is 1.24. The summed E-state index contributed by atoms with van der Waals surface area (Å²) < 4.78 is 0. The Morgan fingerprint density at radius 1 is 0.947 bits per heavy atom. The van der Waals surface area contributed by atoms with Crippen LogP contribution in [0, 0.1) is 6.92 Å². The molecule has 38 heavy (non-hydrogen) atoms. The number of carbonyl (C=O) groups excluding carboxylic acids is 1. The Morgan fingerprint density at radius 3 is 2.45 bits per heavy atom. The summed E-state index contributed by atoms with van der Waals surface area (Å²) in [5.41, 5.74) is 8.14. The zero-order valence-corrected chi connectivity index (χ0v) is 22.4. The van der Waals surface area contributed by atoms with Crippen LogP contribution >= 0.6 is 0 Å². The fourth-order valence-corrected chi connectivity index (χ4v) is 6.87. The molecule has 0 saturated carbocycles. The lowest BCUT2D eigenvalue weighted by Gasteiger charge is -2.42. The van der Waals surface area contributed by atoms with Gasteiger partial charge in [0.2, 0.25) is 0 Å². The van der Waals surface area contributed by atoms with Gasteiger partial charge in [-0.15, -0.1) is 0 Å². The molecule has 2 aliphatic heterocycles. The van der Waals surface area contributed by atoms with Gasteiger partial charge in [0.1, 0.15) is 0 Å². The summed E-state index contributed by atoms with van der Waals surface area (Å²) in [4.78, 5) is 26.1. The van der Waals surface area contributed by atoms with Gasteiger partial charge >= 0.3 is 0 Å². The minimum atomic E-state index is 0.0416. The van der Waals surface area contributed by atoms with Gasteiger partial charge in [0.15, 0.2) is 5.69 Å². The number of pyridine rings is 1. The number of amides is 1. The van der Waals surface area contributed by atoms with E-state index >= 15 is 0 Å². The monoisotopic (exact) mass is 512 g/mol. The topological polar surface area (TPSA) is 97.0 Å². The molecule has 0 atom stereocenters. The predicted molar refractivity (Wildman–Crippen MR) is 148 cm³/mol. The summed E-state index contributed by atoms with van der Waals surface area (Å²) in [6.07, 6.45) is 8.23. The molecule has 3 aliphatic rings. The zero-order chi connectivity index (χ0) is 25.8. The van der Waals surface area contributed by atoms with Crippen molar-refractivity contribution in [2.45, 2.75) is 51.5 Å². The van der Waals surface area contributed by atoms with Gasteiger partial charge in [-0.25, -0.2) is 4.98 Å². The molecule has 5 heterocycles. The average Bonchev–Trinajstić information content (AvgIpc) is 3.59. The summed E-state index contributed by atoms with van der Waals surface area (Å²) >= 11 is 0. The molecule has 0 radical (unpaired) electrons. The molecule has 1 aromatic carbocycles. The highest BCUT2D eigenvalue weighted by Crippen LogP contribution is 2.39. The van der Waals surface area contributed by atoms with Crippen molar-refractivity contribution in [3.63, 3.8) is 0 Å². The van der Waals surface area contributed by atoms with Crippen LogP contribution < -0.4 is 0 Å². The predicted octanol–water partition coefficient (Wildman–Crippen LogP) is 3.54. The Hall–Kier alpha value is -3.30. The summed E-state index contributed by atoms with van der Waals surface area (Å²) in [6.45, 7) is 8.14. The molecular weight excluding hydrogens is 476 g/mol. The number of hydrogen-bond donors (Lipinski definition) is 2. The normalized spacial score (nSPS) is 19.9. The SMILES string of the molecule is Cc1[nH]ncc1-c1nc2ccc3[nH]nc(C(=O)N4CCC(N5CCN(C)CC5)CC4)c3c2c2c1CCCC2. The van der Waals surface area contributed by atoms with E-state index in [0.717, 1.165) is 117 Å². The van der Waals surface area contributed by atoms with Gasteiger partial charge in [0.25, 0.3) is 5.91 Å². The molecule has 2 fully saturated rings. The zero-order valence-electron chi connectivity index (χ0n) is 22.4. The van der Waals surface area contributed by atoms with E-state index < -0.39 is 0 Å². The van der Waals surface area contributed by atoms with Gasteiger partial charge in [-0.1, -0.05) is 0 Å². The first-order valence-corrected chi connectivity index (χ1v) is 14.1. The number of aromatic nitrogens is 5. The van der Waals surface area contributed by atoms with Crippen molar-refractivity contribution in [2.75, 3.05) is 46.3 Å². The number of aromatic amines is 2.